The molecule has 0 aromatic carbocycles. The van der Waals surface area contributed by atoms with Gasteiger partial charge in [-0.3, -0.25) is 4.79 Å². The molecule has 1 unspecified atom stereocenters. The summed E-state index contributed by atoms with van der Waals surface area (Å²) in [4.78, 5) is 11.3. The van der Waals surface area contributed by atoms with Crippen molar-refractivity contribution in [3.8, 4) is 0 Å². The summed E-state index contributed by atoms with van der Waals surface area (Å²) in [6.45, 7) is 11.0. The molecule has 0 rings (SSSR count). The number of rotatable bonds is 6. The lowest BCUT2D eigenvalue weighted by Crippen LogP contribution is -2.42. The van der Waals surface area contributed by atoms with E-state index in [0.717, 1.165) is 18.5 Å². The third kappa shape index (κ3) is 6.34. The highest BCUT2D eigenvalue weighted by molar-refractivity contribution is 5.81. The van der Waals surface area contributed by atoms with Crippen LogP contribution in [0, 0.1) is 0 Å². The number of hydrogen-bond donors (Lipinski definition) is 2. The first-order valence-corrected chi connectivity index (χ1v) is 4.73. The monoisotopic (exact) mass is 184 g/mol. The minimum absolute atomic E-state index is 0.0584. The quantitative estimate of drug-likeness (QED) is 0.606. The summed E-state index contributed by atoms with van der Waals surface area (Å²) in [5, 5.41) is 5.90. The molecule has 0 aromatic heterocycles. The Balaban J connectivity index is 3.62. The van der Waals surface area contributed by atoms with E-state index in [2.05, 4.69) is 17.2 Å². The largest absolute Gasteiger partial charge is 0.355 e. The van der Waals surface area contributed by atoms with Gasteiger partial charge in [0.25, 0.3) is 0 Å². The molecule has 0 aliphatic carbocycles. The summed E-state index contributed by atoms with van der Waals surface area (Å²) < 4.78 is 0. The molecule has 3 heteroatoms. The van der Waals surface area contributed by atoms with Crippen molar-refractivity contribution in [2.45, 2.75) is 33.2 Å². The second-order valence-electron chi connectivity index (χ2n) is 3.35. The predicted octanol–water partition coefficient (Wildman–Crippen LogP) is 1.07. The fourth-order valence-corrected chi connectivity index (χ4v) is 0.821. The summed E-state index contributed by atoms with van der Waals surface area (Å²) in [5.41, 5.74) is 1.04. The van der Waals surface area contributed by atoms with Crippen LogP contribution in [0.4, 0.5) is 0 Å². The zero-order valence-electron chi connectivity index (χ0n) is 8.81. The van der Waals surface area contributed by atoms with Gasteiger partial charge >= 0.3 is 0 Å². The summed E-state index contributed by atoms with van der Waals surface area (Å²) in [5.74, 6) is 0.0584. The van der Waals surface area contributed by atoms with Crippen molar-refractivity contribution in [2.24, 2.45) is 0 Å². The zero-order valence-corrected chi connectivity index (χ0v) is 8.81. The van der Waals surface area contributed by atoms with Crippen LogP contribution in [0.25, 0.3) is 0 Å². The highest BCUT2D eigenvalue weighted by Gasteiger charge is 2.09. The lowest BCUT2D eigenvalue weighted by atomic mass is 10.2. The molecule has 0 heterocycles. The highest BCUT2D eigenvalue weighted by Crippen LogP contribution is 1.87. The smallest absolute Gasteiger partial charge is 0.236 e. The Labute approximate surface area is 80.6 Å². The zero-order chi connectivity index (χ0) is 10.3. The Bertz CT molecular complexity index is 178. The third-order valence-corrected chi connectivity index (χ3v) is 1.65. The van der Waals surface area contributed by atoms with Gasteiger partial charge in [-0.15, -0.1) is 0 Å². The van der Waals surface area contributed by atoms with Crippen LogP contribution in [0.5, 0.6) is 0 Å². The van der Waals surface area contributed by atoms with Crippen LogP contribution in [0.2, 0.25) is 0 Å². The fourth-order valence-electron chi connectivity index (χ4n) is 0.821. The van der Waals surface area contributed by atoms with E-state index < -0.39 is 0 Å². The molecule has 0 radical (unpaired) electrons. The molecular weight excluding hydrogens is 164 g/mol. The molecule has 13 heavy (non-hydrogen) atoms. The summed E-state index contributed by atoms with van der Waals surface area (Å²) in [6.07, 6.45) is 0.971. The van der Waals surface area contributed by atoms with E-state index in [9.17, 15) is 4.79 Å². The maximum Gasteiger partial charge on any atom is 0.236 e. The molecule has 0 fully saturated rings. The minimum atomic E-state index is -0.136. The molecule has 76 valence electrons. The van der Waals surface area contributed by atoms with Crippen molar-refractivity contribution < 1.29 is 4.79 Å². The standard InChI is InChI=1S/C10H20N2O/c1-5-6-11-10(13)9(4)12-7-8(2)3/h9,12H,2,5-7H2,1,3-4H3,(H,11,13). The van der Waals surface area contributed by atoms with Crippen molar-refractivity contribution >= 4 is 5.91 Å². The lowest BCUT2D eigenvalue weighted by Gasteiger charge is -2.13. The molecule has 1 amide bonds. The van der Waals surface area contributed by atoms with E-state index in [1.165, 1.54) is 0 Å². The van der Waals surface area contributed by atoms with Crippen LogP contribution in [0.3, 0.4) is 0 Å². The Hall–Kier alpha value is -0.830. The predicted molar refractivity (Wildman–Crippen MR) is 55.6 cm³/mol. The lowest BCUT2D eigenvalue weighted by molar-refractivity contribution is -0.122. The number of amides is 1. The maximum atomic E-state index is 11.3. The SMILES string of the molecule is C=C(C)CNC(C)C(=O)NCCC. The van der Waals surface area contributed by atoms with Gasteiger partial charge in [0.1, 0.15) is 0 Å². The molecule has 1 atom stereocenters. The van der Waals surface area contributed by atoms with Crippen LogP contribution >= 0.6 is 0 Å². The van der Waals surface area contributed by atoms with Gasteiger partial charge in [-0.2, -0.15) is 0 Å². The van der Waals surface area contributed by atoms with Gasteiger partial charge in [0, 0.05) is 13.1 Å². The van der Waals surface area contributed by atoms with Crippen LogP contribution < -0.4 is 10.6 Å². The average molecular weight is 184 g/mol. The molecule has 0 bridgehead atoms. The summed E-state index contributed by atoms with van der Waals surface area (Å²) >= 11 is 0. The number of carbonyl (C=O) groups excluding carboxylic acids is 1. The van der Waals surface area contributed by atoms with Crippen molar-refractivity contribution in [2.75, 3.05) is 13.1 Å². The van der Waals surface area contributed by atoms with Gasteiger partial charge in [0.2, 0.25) is 5.91 Å². The van der Waals surface area contributed by atoms with Gasteiger partial charge in [-0.05, 0) is 20.3 Å². The van der Waals surface area contributed by atoms with E-state index >= 15 is 0 Å². The first-order chi connectivity index (χ1) is 6.07. The Morgan fingerprint density at radius 3 is 2.62 bits per heavy atom. The van der Waals surface area contributed by atoms with Crippen LogP contribution in [0.1, 0.15) is 27.2 Å². The second-order valence-corrected chi connectivity index (χ2v) is 3.35. The Morgan fingerprint density at radius 2 is 2.15 bits per heavy atom. The molecule has 3 nitrogen and oxygen atoms in total. The minimum Gasteiger partial charge on any atom is -0.355 e. The van der Waals surface area contributed by atoms with Gasteiger partial charge in [-0.1, -0.05) is 19.1 Å². The second kappa shape index (κ2) is 6.66. The molecule has 0 saturated heterocycles. The van der Waals surface area contributed by atoms with E-state index in [1.54, 1.807) is 0 Å². The Kier molecular flexibility index (Phi) is 6.24. The van der Waals surface area contributed by atoms with Crippen molar-refractivity contribution in [1.29, 1.82) is 0 Å². The summed E-state index contributed by atoms with van der Waals surface area (Å²) in [6, 6.07) is -0.136. The number of hydrogen-bond acceptors (Lipinski definition) is 2. The van der Waals surface area contributed by atoms with Crippen LogP contribution in [-0.4, -0.2) is 25.0 Å². The average Bonchev–Trinajstić information content (AvgIpc) is 2.10. The highest BCUT2D eigenvalue weighted by atomic mass is 16.2. The molecule has 0 aromatic rings. The van der Waals surface area contributed by atoms with Crippen LogP contribution in [-0.2, 0) is 4.79 Å². The fraction of sp³-hybridized carbons (Fsp3) is 0.700. The van der Waals surface area contributed by atoms with Crippen LogP contribution in [0.15, 0.2) is 12.2 Å². The van der Waals surface area contributed by atoms with Crippen molar-refractivity contribution in [3.05, 3.63) is 12.2 Å². The summed E-state index contributed by atoms with van der Waals surface area (Å²) in [7, 11) is 0. The van der Waals surface area contributed by atoms with Gasteiger partial charge < -0.3 is 10.6 Å². The maximum absolute atomic E-state index is 11.3. The van der Waals surface area contributed by atoms with Gasteiger partial charge in [0.05, 0.1) is 6.04 Å². The molecule has 2 N–H and O–H groups in total. The molecule has 0 aliphatic rings. The third-order valence-electron chi connectivity index (χ3n) is 1.65. The normalized spacial score (nSPS) is 12.2. The molecule has 0 saturated carbocycles. The van der Waals surface area contributed by atoms with Gasteiger partial charge in [0.15, 0.2) is 0 Å². The number of carbonyl (C=O) groups is 1. The first kappa shape index (κ1) is 12.2. The number of nitrogens with one attached hydrogen (secondary N) is 2. The van der Waals surface area contributed by atoms with Crippen molar-refractivity contribution in [3.63, 3.8) is 0 Å². The molecule has 0 aliphatic heterocycles. The molecule has 0 spiro atoms. The molecular formula is C10H20N2O. The van der Waals surface area contributed by atoms with Crippen molar-refractivity contribution in [1.82, 2.24) is 10.6 Å². The topological polar surface area (TPSA) is 41.1 Å². The van der Waals surface area contributed by atoms with E-state index in [4.69, 9.17) is 0 Å². The van der Waals surface area contributed by atoms with E-state index in [-0.39, 0.29) is 11.9 Å². The first-order valence-electron chi connectivity index (χ1n) is 4.73. The van der Waals surface area contributed by atoms with E-state index in [1.807, 2.05) is 20.8 Å². The van der Waals surface area contributed by atoms with Gasteiger partial charge in [-0.25, -0.2) is 0 Å². The van der Waals surface area contributed by atoms with E-state index in [0.29, 0.717) is 6.54 Å². The Morgan fingerprint density at radius 1 is 1.54 bits per heavy atom.